The van der Waals surface area contributed by atoms with Crippen LogP contribution in [0.25, 0.3) is 0 Å². The summed E-state index contributed by atoms with van der Waals surface area (Å²) in [6, 6.07) is 12.5. The molecule has 5 rings (SSSR count). The van der Waals surface area contributed by atoms with Crippen molar-refractivity contribution in [2.75, 3.05) is 19.8 Å². The maximum Gasteiger partial charge on any atom is 0.325 e. The first-order valence-corrected chi connectivity index (χ1v) is 10.9. The number of urea groups is 1. The van der Waals surface area contributed by atoms with Gasteiger partial charge in [-0.25, -0.2) is 4.79 Å². The zero-order chi connectivity index (χ0) is 22.3. The normalized spacial score (nSPS) is 24.0. The van der Waals surface area contributed by atoms with Gasteiger partial charge >= 0.3 is 6.03 Å². The second kappa shape index (κ2) is 7.85. The smallest absolute Gasteiger partial charge is 0.325 e. The molecule has 1 fully saturated rings. The lowest BCUT2D eigenvalue weighted by atomic mass is 9.88. The van der Waals surface area contributed by atoms with E-state index in [1.807, 2.05) is 18.2 Å². The number of ether oxygens (including phenoxy) is 2. The van der Waals surface area contributed by atoms with Crippen LogP contribution < -0.4 is 20.1 Å². The first-order valence-electron chi connectivity index (χ1n) is 10.9. The highest BCUT2D eigenvalue weighted by atomic mass is 16.6. The van der Waals surface area contributed by atoms with Gasteiger partial charge in [0.25, 0.3) is 5.91 Å². The summed E-state index contributed by atoms with van der Waals surface area (Å²) < 4.78 is 11.1. The first kappa shape index (κ1) is 20.4. The summed E-state index contributed by atoms with van der Waals surface area (Å²) in [5, 5.41) is 5.74. The Labute approximate surface area is 185 Å². The molecule has 3 aliphatic rings. The van der Waals surface area contributed by atoms with Gasteiger partial charge in [-0.3, -0.25) is 14.5 Å². The quantitative estimate of drug-likeness (QED) is 0.719. The van der Waals surface area contributed by atoms with Crippen LogP contribution in [0.4, 0.5) is 4.79 Å². The van der Waals surface area contributed by atoms with Crippen molar-refractivity contribution in [3.8, 4) is 11.5 Å². The van der Waals surface area contributed by atoms with Crippen LogP contribution in [-0.2, 0) is 21.5 Å². The number of rotatable bonds is 4. The highest BCUT2D eigenvalue weighted by Crippen LogP contribution is 2.37. The first-order chi connectivity index (χ1) is 15.5. The van der Waals surface area contributed by atoms with E-state index in [2.05, 4.69) is 16.7 Å². The van der Waals surface area contributed by atoms with Crippen molar-refractivity contribution in [1.29, 1.82) is 0 Å². The fraction of sp³-hybridized carbons (Fsp3) is 0.375. The van der Waals surface area contributed by atoms with Crippen LogP contribution in [0, 0.1) is 0 Å². The minimum atomic E-state index is -1.29. The number of carbonyl (C=O) groups is 3. The Morgan fingerprint density at radius 2 is 1.94 bits per heavy atom. The molecule has 0 radical (unpaired) electrons. The van der Waals surface area contributed by atoms with E-state index in [1.54, 1.807) is 25.1 Å². The van der Waals surface area contributed by atoms with Crippen molar-refractivity contribution in [1.82, 2.24) is 15.5 Å². The van der Waals surface area contributed by atoms with Crippen LogP contribution >= 0.6 is 0 Å². The number of hydrogen-bond acceptors (Lipinski definition) is 5. The van der Waals surface area contributed by atoms with E-state index in [9.17, 15) is 14.4 Å². The topological polar surface area (TPSA) is 97.0 Å². The second-order valence-corrected chi connectivity index (χ2v) is 8.52. The number of fused-ring (bicyclic) bond motifs is 2. The van der Waals surface area contributed by atoms with E-state index in [-0.39, 0.29) is 18.5 Å². The summed E-state index contributed by atoms with van der Waals surface area (Å²) in [7, 11) is 0. The number of amides is 4. The van der Waals surface area contributed by atoms with Crippen LogP contribution in [0.1, 0.15) is 42.5 Å². The summed E-state index contributed by atoms with van der Waals surface area (Å²) in [5.41, 5.74) is 1.62. The summed E-state index contributed by atoms with van der Waals surface area (Å²) in [6.45, 7) is 2.19. The van der Waals surface area contributed by atoms with Crippen LogP contribution in [0.3, 0.4) is 0 Å². The Morgan fingerprint density at radius 3 is 2.78 bits per heavy atom. The van der Waals surface area contributed by atoms with Crippen molar-refractivity contribution in [2.24, 2.45) is 0 Å². The van der Waals surface area contributed by atoms with Gasteiger partial charge in [0.15, 0.2) is 11.5 Å². The van der Waals surface area contributed by atoms with Crippen LogP contribution in [0.15, 0.2) is 42.5 Å². The van der Waals surface area contributed by atoms with E-state index in [1.165, 1.54) is 5.56 Å². The number of hydrogen-bond donors (Lipinski definition) is 2. The van der Waals surface area contributed by atoms with Crippen molar-refractivity contribution in [2.45, 2.75) is 37.8 Å². The Kier molecular flexibility index (Phi) is 5.00. The molecule has 2 heterocycles. The third kappa shape index (κ3) is 3.45. The minimum Gasteiger partial charge on any atom is -0.486 e. The lowest BCUT2D eigenvalue weighted by Crippen LogP contribution is -2.44. The van der Waals surface area contributed by atoms with E-state index in [0.717, 1.165) is 29.7 Å². The van der Waals surface area contributed by atoms with Crippen molar-refractivity contribution < 1.29 is 23.9 Å². The van der Waals surface area contributed by atoms with Gasteiger partial charge in [-0.05, 0) is 55.0 Å². The highest BCUT2D eigenvalue weighted by molar-refractivity contribution is 6.09. The fourth-order valence-electron chi connectivity index (χ4n) is 4.68. The summed E-state index contributed by atoms with van der Waals surface area (Å²) in [5.74, 6) is 0.300. The number of carbonyl (C=O) groups excluding carboxylic acids is 3. The molecule has 8 heteroatoms. The predicted molar refractivity (Wildman–Crippen MR) is 115 cm³/mol. The van der Waals surface area contributed by atoms with E-state index in [4.69, 9.17) is 9.47 Å². The molecule has 0 saturated carbocycles. The maximum absolute atomic E-state index is 13.2. The molecule has 0 bridgehead atoms. The van der Waals surface area contributed by atoms with Crippen LogP contribution in [0.2, 0.25) is 0 Å². The van der Waals surface area contributed by atoms with E-state index in [0.29, 0.717) is 30.3 Å². The molecule has 4 amide bonds. The van der Waals surface area contributed by atoms with Gasteiger partial charge in [0.05, 0.1) is 6.04 Å². The summed E-state index contributed by atoms with van der Waals surface area (Å²) >= 11 is 0. The Balaban J connectivity index is 1.31. The molecule has 0 spiro atoms. The molecule has 2 aromatic carbocycles. The number of nitrogens with zero attached hydrogens (tertiary/aromatic N) is 1. The van der Waals surface area contributed by atoms with Gasteiger partial charge in [-0.15, -0.1) is 0 Å². The Hall–Kier alpha value is -3.55. The van der Waals surface area contributed by atoms with Gasteiger partial charge in [0.2, 0.25) is 5.91 Å². The van der Waals surface area contributed by atoms with Crippen molar-refractivity contribution >= 4 is 17.8 Å². The molecule has 2 aliphatic heterocycles. The molecule has 0 unspecified atom stereocenters. The van der Waals surface area contributed by atoms with Gasteiger partial charge < -0.3 is 20.1 Å². The number of imide groups is 1. The zero-order valence-electron chi connectivity index (χ0n) is 17.8. The average molecular weight is 435 g/mol. The van der Waals surface area contributed by atoms with E-state index >= 15 is 0 Å². The molecule has 1 aliphatic carbocycles. The van der Waals surface area contributed by atoms with Gasteiger partial charge in [-0.1, -0.05) is 30.3 Å². The van der Waals surface area contributed by atoms with Crippen LogP contribution in [-0.4, -0.2) is 42.5 Å². The monoisotopic (exact) mass is 435 g/mol. The SMILES string of the molecule is C[C@@]1(c2ccc3c(c2)OCCO3)NC(=O)N(CC(=O)N[C@H]2CCCc3ccccc32)C1=O. The van der Waals surface area contributed by atoms with Gasteiger partial charge in [-0.2, -0.15) is 0 Å². The molecule has 32 heavy (non-hydrogen) atoms. The largest absolute Gasteiger partial charge is 0.486 e. The molecule has 166 valence electrons. The molecule has 0 aromatic heterocycles. The summed E-state index contributed by atoms with van der Waals surface area (Å²) in [4.78, 5) is 39.6. The highest BCUT2D eigenvalue weighted by Gasteiger charge is 2.50. The molecule has 2 aromatic rings. The van der Waals surface area contributed by atoms with Crippen LogP contribution in [0.5, 0.6) is 11.5 Å². The molecule has 1 saturated heterocycles. The lowest BCUT2D eigenvalue weighted by Gasteiger charge is -2.27. The second-order valence-electron chi connectivity index (χ2n) is 8.52. The molecular formula is C24H25N3O5. The van der Waals surface area contributed by atoms with Gasteiger partial charge in [0.1, 0.15) is 25.3 Å². The third-order valence-electron chi connectivity index (χ3n) is 6.40. The maximum atomic E-state index is 13.2. The zero-order valence-corrected chi connectivity index (χ0v) is 17.8. The van der Waals surface area contributed by atoms with Crippen molar-refractivity contribution in [3.05, 3.63) is 59.2 Å². The Bertz CT molecular complexity index is 1100. The lowest BCUT2D eigenvalue weighted by molar-refractivity contribution is -0.135. The number of aryl methyl sites for hydroxylation is 1. The fourth-order valence-corrected chi connectivity index (χ4v) is 4.68. The Morgan fingerprint density at radius 1 is 1.16 bits per heavy atom. The number of nitrogens with one attached hydrogen (secondary N) is 2. The average Bonchev–Trinajstić information content (AvgIpc) is 3.03. The molecular weight excluding hydrogens is 410 g/mol. The van der Waals surface area contributed by atoms with Crippen molar-refractivity contribution in [3.63, 3.8) is 0 Å². The van der Waals surface area contributed by atoms with Gasteiger partial charge in [0, 0.05) is 0 Å². The number of benzene rings is 2. The third-order valence-corrected chi connectivity index (χ3v) is 6.40. The molecule has 8 nitrogen and oxygen atoms in total. The van der Waals surface area contributed by atoms with E-state index < -0.39 is 17.5 Å². The molecule has 2 N–H and O–H groups in total. The molecule has 2 atom stereocenters. The summed E-state index contributed by atoms with van der Waals surface area (Å²) in [6.07, 6.45) is 2.80. The minimum absolute atomic E-state index is 0.114. The standard InChI is InChI=1S/C24H25N3O5/c1-24(16-9-10-19-20(13-16)32-12-11-31-19)22(29)27(23(30)26-24)14-21(28)25-18-8-4-6-15-5-2-3-7-17(15)18/h2-3,5,7,9-10,13,18H,4,6,8,11-12,14H2,1H3,(H,25,28)(H,26,30)/t18-,24-/m0/s1. The predicted octanol–water partition coefficient (Wildman–Crippen LogP) is 2.42.